The van der Waals surface area contributed by atoms with E-state index in [9.17, 15) is 18.0 Å². The van der Waals surface area contributed by atoms with Gasteiger partial charge in [0.2, 0.25) is 0 Å². The summed E-state index contributed by atoms with van der Waals surface area (Å²) in [5.74, 6) is 1.70. The third kappa shape index (κ3) is 2.82. The van der Waals surface area contributed by atoms with Crippen LogP contribution in [-0.2, 0) is 0 Å². The fraction of sp³-hybridized carbons (Fsp3) is 0.0714. The van der Waals surface area contributed by atoms with Crippen molar-refractivity contribution < 1.29 is 18.0 Å². The zero-order valence-corrected chi connectivity index (χ0v) is 11.0. The largest absolute Gasteiger partial charge is 0.321 e. The number of nitrogens with two attached hydrogens (primary N) is 1. The predicted molar refractivity (Wildman–Crippen MR) is 73.3 cm³/mol. The van der Waals surface area contributed by atoms with Crippen molar-refractivity contribution in [2.75, 3.05) is 10.7 Å². The van der Waals surface area contributed by atoms with Crippen LogP contribution >= 0.6 is 0 Å². The predicted octanol–water partition coefficient (Wildman–Crippen LogP) is 2.95. The Morgan fingerprint density at radius 1 is 1.05 bits per heavy atom. The number of rotatable bonds is 3. The molecule has 0 bridgehead atoms. The molecule has 2 aromatic rings. The van der Waals surface area contributed by atoms with Crippen LogP contribution in [0.2, 0.25) is 0 Å². The van der Waals surface area contributed by atoms with Gasteiger partial charge in [-0.3, -0.25) is 10.6 Å². The lowest BCUT2D eigenvalue weighted by atomic mass is 10.1. The Hall–Kier alpha value is -2.54. The Kier molecular flexibility index (Phi) is 4.13. The van der Waals surface area contributed by atoms with Crippen molar-refractivity contribution in [3.8, 4) is 0 Å². The van der Waals surface area contributed by atoms with E-state index in [0.717, 1.165) is 12.1 Å². The number of benzene rings is 2. The maximum absolute atomic E-state index is 13.8. The standard InChI is InChI=1S/C14H12F3N3O/c1-7-5-6-10(16)13(11(7)17)19-14(21)8-3-2-4-9(15)12(8)20-18/h2-6,20H,18H2,1H3,(H,19,21). The van der Waals surface area contributed by atoms with Gasteiger partial charge in [-0.05, 0) is 30.7 Å². The van der Waals surface area contributed by atoms with Gasteiger partial charge in [0.1, 0.15) is 17.3 Å². The van der Waals surface area contributed by atoms with Crippen molar-refractivity contribution >= 4 is 17.3 Å². The number of amides is 1. The summed E-state index contributed by atoms with van der Waals surface area (Å²) in [5.41, 5.74) is 1.20. The number of aryl methyl sites for hydroxylation is 1. The maximum Gasteiger partial charge on any atom is 0.258 e. The number of para-hydroxylation sites is 1. The van der Waals surface area contributed by atoms with E-state index in [4.69, 9.17) is 5.84 Å². The lowest BCUT2D eigenvalue weighted by molar-refractivity contribution is 0.102. The highest BCUT2D eigenvalue weighted by Gasteiger charge is 2.19. The molecule has 0 heterocycles. The molecule has 0 aliphatic carbocycles. The lowest BCUT2D eigenvalue weighted by Crippen LogP contribution is -2.19. The second kappa shape index (κ2) is 5.84. The van der Waals surface area contributed by atoms with Crippen LogP contribution in [-0.4, -0.2) is 5.91 Å². The number of carbonyl (C=O) groups excluding carboxylic acids is 1. The Morgan fingerprint density at radius 2 is 1.71 bits per heavy atom. The second-order valence-electron chi connectivity index (χ2n) is 4.31. The molecule has 4 nitrogen and oxygen atoms in total. The molecule has 0 unspecified atom stereocenters. The van der Waals surface area contributed by atoms with E-state index in [1.807, 2.05) is 5.43 Å². The van der Waals surface area contributed by atoms with Gasteiger partial charge in [0.25, 0.3) is 5.91 Å². The molecule has 1 amide bonds. The van der Waals surface area contributed by atoms with Crippen LogP contribution in [0, 0.1) is 24.4 Å². The van der Waals surface area contributed by atoms with E-state index in [1.165, 1.54) is 25.1 Å². The molecule has 0 aliphatic rings. The number of hydrogen-bond donors (Lipinski definition) is 3. The van der Waals surface area contributed by atoms with Gasteiger partial charge in [-0.15, -0.1) is 0 Å². The lowest BCUT2D eigenvalue weighted by Gasteiger charge is -2.12. The highest BCUT2D eigenvalue weighted by Crippen LogP contribution is 2.24. The second-order valence-corrected chi connectivity index (χ2v) is 4.31. The molecule has 0 atom stereocenters. The highest BCUT2D eigenvalue weighted by molar-refractivity contribution is 6.08. The summed E-state index contributed by atoms with van der Waals surface area (Å²) in [6.45, 7) is 1.43. The molecule has 0 aliphatic heterocycles. The van der Waals surface area contributed by atoms with Crippen molar-refractivity contribution in [1.82, 2.24) is 0 Å². The molecule has 110 valence electrons. The summed E-state index contributed by atoms with van der Waals surface area (Å²) in [4.78, 5) is 12.1. The average molecular weight is 295 g/mol. The van der Waals surface area contributed by atoms with Crippen molar-refractivity contribution in [2.24, 2.45) is 5.84 Å². The number of halogens is 3. The van der Waals surface area contributed by atoms with Gasteiger partial charge in [0, 0.05) is 0 Å². The van der Waals surface area contributed by atoms with Crippen LogP contribution in [0.15, 0.2) is 30.3 Å². The molecule has 2 rings (SSSR count). The SMILES string of the molecule is Cc1ccc(F)c(NC(=O)c2cccc(F)c2NN)c1F. The van der Waals surface area contributed by atoms with E-state index in [2.05, 4.69) is 5.32 Å². The van der Waals surface area contributed by atoms with Crippen LogP contribution < -0.4 is 16.6 Å². The zero-order chi connectivity index (χ0) is 15.6. The monoisotopic (exact) mass is 295 g/mol. The number of nitrogens with one attached hydrogen (secondary N) is 2. The summed E-state index contributed by atoms with van der Waals surface area (Å²) < 4.78 is 40.9. The Bertz CT molecular complexity index is 704. The van der Waals surface area contributed by atoms with Gasteiger partial charge >= 0.3 is 0 Å². The topological polar surface area (TPSA) is 67.2 Å². The van der Waals surface area contributed by atoms with E-state index in [0.29, 0.717) is 0 Å². The summed E-state index contributed by atoms with van der Waals surface area (Å²) in [6.07, 6.45) is 0. The van der Waals surface area contributed by atoms with Crippen molar-refractivity contribution in [3.05, 3.63) is 58.9 Å². The molecular weight excluding hydrogens is 283 g/mol. The molecule has 2 aromatic carbocycles. The maximum atomic E-state index is 13.8. The van der Waals surface area contributed by atoms with Gasteiger partial charge in [-0.2, -0.15) is 0 Å². The number of anilines is 2. The molecule has 0 spiro atoms. The quantitative estimate of drug-likeness (QED) is 0.602. The zero-order valence-electron chi connectivity index (χ0n) is 11.0. The third-order valence-corrected chi connectivity index (χ3v) is 2.93. The van der Waals surface area contributed by atoms with Crippen molar-refractivity contribution in [1.29, 1.82) is 0 Å². The molecule has 4 N–H and O–H groups in total. The fourth-order valence-corrected chi connectivity index (χ4v) is 1.81. The summed E-state index contributed by atoms with van der Waals surface area (Å²) >= 11 is 0. The number of nitrogen functional groups attached to an aromatic ring is 1. The number of hydrazine groups is 1. The molecule has 0 saturated carbocycles. The first kappa shape index (κ1) is 14.9. The smallest absolute Gasteiger partial charge is 0.258 e. The van der Waals surface area contributed by atoms with Crippen LogP contribution in [0.1, 0.15) is 15.9 Å². The first-order chi connectivity index (χ1) is 9.95. The van der Waals surface area contributed by atoms with Gasteiger partial charge in [0.15, 0.2) is 5.82 Å². The van der Waals surface area contributed by atoms with Gasteiger partial charge in [-0.25, -0.2) is 13.2 Å². The summed E-state index contributed by atoms with van der Waals surface area (Å²) in [7, 11) is 0. The molecule has 0 fully saturated rings. The highest BCUT2D eigenvalue weighted by atomic mass is 19.1. The van der Waals surface area contributed by atoms with E-state index in [-0.39, 0.29) is 16.8 Å². The molecular formula is C14H12F3N3O. The Labute approximate surface area is 118 Å². The Balaban J connectivity index is 2.40. The van der Waals surface area contributed by atoms with E-state index in [1.54, 1.807) is 0 Å². The van der Waals surface area contributed by atoms with Gasteiger partial charge in [0.05, 0.1) is 11.3 Å². The molecule has 21 heavy (non-hydrogen) atoms. The minimum Gasteiger partial charge on any atom is -0.321 e. The number of hydrogen-bond acceptors (Lipinski definition) is 3. The average Bonchev–Trinajstić information content (AvgIpc) is 2.47. The first-order valence-corrected chi connectivity index (χ1v) is 5.96. The summed E-state index contributed by atoms with van der Waals surface area (Å²) in [5, 5.41) is 2.09. The van der Waals surface area contributed by atoms with Crippen LogP contribution in [0.4, 0.5) is 24.5 Å². The molecule has 0 saturated heterocycles. The van der Waals surface area contributed by atoms with Gasteiger partial charge in [-0.1, -0.05) is 12.1 Å². The normalized spacial score (nSPS) is 10.3. The first-order valence-electron chi connectivity index (χ1n) is 5.96. The minimum atomic E-state index is -0.926. The third-order valence-electron chi connectivity index (χ3n) is 2.93. The van der Waals surface area contributed by atoms with Crippen LogP contribution in [0.25, 0.3) is 0 Å². The minimum absolute atomic E-state index is 0.169. The van der Waals surface area contributed by atoms with Gasteiger partial charge < -0.3 is 10.7 Å². The van der Waals surface area contributed by atoms with Crippen LogP contribution in [0.5, 0.6) is 0 Å². The van der Waals surface area contributed by atoms with E-state index >= 15 is 0 Å². The number of carbonyl (C=O) groups is 1. The molecule has 7 heteroatoms. The fourth-order valence-electron chi connectivity index (χ4n) is 1.81. The van der Waals surface area contributed by atoms with Crippen molar-refractivity contribution in [2.45, 2.75) is 6.92 Å². The molecule has 0 aromatic heterocycles. The van der Waals surface area contributed by atoms with Crippen LogP contribution in [0.3, 0.4) is 0 Å². The summed E-state index contributed by atoms with van der Waals surface area (Å²) in [6, 6.07) is 5.93. The van der Waals surface area contributed by atoms with E-state index < -0.39 is 29.0 Å². The Morgan fingerprint density at radius 3 is 2.38 bits per heavy atom. The van der Waals surface area contributed by atoms with Crippen molar-refractivity contribution in [3.63, 3.8) is 0 Å². The molecule has 0 radical (unpaired) electrons.